The second kappa shape index (κ2) is 9.11. The van der Waals surface area contributed by atoms with Crippen LogP contribution >= 0.6 is 11.8 Å². The second-order valence-corrected chi connectivity index (χ2v) is 9.86. The lowest BCUT2D eigenvalue weighted by Crippen LogP contribution is -2.43. The van der Waals surface area contributed by atoms with Gasteiger partial charge in [-0.3, -0.25) is 5.21 Å². The summed E-state index contributed by atoms with van der Waals surface area (Å²) in [4.78, 5) is 13.8. The molecule has 1 heterocycles. The minimum absolute atomic E-state index is 0.0994. The first-order valence-corrected chi connectivity index (χ1v) is 11.8. The van der Waals surface area contributed by atoms with Gasteiger partial charge in [0.15, 0.2) is 6.23 Å². The molecule has 2 N–H and O–H groups in total. The van der Waals surface area contributed by atoms with Gasteiger partial charge in [-0.25, -0.2) is 18.7 Å². The van der Waals surface area contributed by atoms with Crippen LogP contribution in [0.4, 0.5) is 4.79 Å². The largest absolute Gasteiger partial charge is 0.432 e. The maximum atomic E-state index is 13.4. The zero-order valence-electron chi connectivity index (χ0n) is 16.3. The Labute approximate surface area is 184 Å². The van der Waals surface area contributed by atoms with Crippen LogP contribution in [0.2, 0.25) is 0 Å². The summed E-state index contributed by atoms with van der Waals surface area (Å²) in [6.45, 7) is 0.142. The number of nitrogens with zero attached hydrogens (tertiary/aromatic N) is 1. The fourth-order valence-corrected chi connectivity index (χ4v) is 5.77. The second-order valence-electron chi connectivity index (χ2n) is 6.82. The molecule has 31 heavy (non-hydrogen) atoms. The van der Waals surface area contributed by atoms with Crippen LogP contribution < -0.4 is 5.48 Å². The molecule has 0 fully saturated rings. The van der Waals surface area contributed by atoms with E-state index in [9.17, 15) is 13.2 Å². The molecule has 1 aliphatic heterocycles. The van der Waals surface area contributed by atoms with Crippen LogP contribution in [0, 0.1) is 0 Å². The van der Waals surface area contributed by atoms with Gasteiger partial charge < -0.3 is 4.74 Å². The van der Waals surface area contributed by atoms with Gasteiger partial charge >= 0.3 is 6.09 Å². The highest BCUT2D eigenvalue weighted by Crippen LogP contribution is 2.36. The molecule has 4 rings (SSSR count). The quantitative estimate of drug-likeness (QED) is 0.441. The van der Waals surface area contributed by atoms with E-state index >= 15 is 0 Å². The molecule has 0 aliphatic carbocycles. The average molecular weight is 457 g/mol. The number of ether oxygens (including phenoxy) is 1. The molecule has 9 heteroatoms. The van der Waals surface area contributed by atoms with Gasteiger partial charge in [0.25, 0.3) is 0 Å². The first kappa shape index (κ1) is 21.4. The monoisotopic (exact) mass is 456 g/mol. The minimum atomic E-state index is -3.96. The lowest BCUT2D eigenvalue weighted by atomic mass is 10.00. The SMILES string of the molecule is O=C(NO)OC1c2ccccc2CCN1S(=O)(=O)c1ccc(Sc2ccccc2)cc1. The third-order valence-electron chi connectivity index (χ3n) is 4.90. The Bertz CT molecular complexity index is 1170. The maximum absolute atomic E-state index is 13.4. The molecule has 0 saturated carbocycles. The van der Waals surface area contributed by atoms with Gasteiger partial charge in [-0.15, -0.1) is 0 Å². The van der Waals surface area contributed by atoms with E-state index in [0.29, 0.717) is 12.0 Å². The third kappa shape index (κ3) is 4.59. The number of sulfonamides is 1. The minimum Gasteiger partial charge on any atom is -0.423 e. The summed E-state index contributed by atoms with van der Waals surface area (Å²) < 4.78 is 33.2. The van der Waals surface area contributed by atoms with Crippen LogP contribution in [0.15, 0.2) is 93.5 Å². The number of hydrogen-bond donors (Lipinski definition) is 2. The number of rotatable bonds is 5. The van der Waals surface area contributed by atoms with Crippen LogP contribution in [0.3, 0.4) is 0 Å². The van der Waals surface area contributed by atoms with Gasteiger partial charge in [0.2, 0.25) is 10.0 Å². The topological polar surface area (TPSA) is 95.9 Å². The molecule has 0 spiro atoms. The Morgan fingerprint density at radius 1 is 0.968 bits per heavy atom. The Morgan fingerprint density at radius 2 is 1.61 bits per heavy atom. The third-order valence-corrected chi connectivity index (χ3v) is 7.78. The van der Waals surface area contributed by atoms with Gasteiger partial charge in [-0.1, -0.05) is 54.2 Å². The molecule has 1 unspecified atom stereocenters. The predicted octanol–water partition coefficient (Wildman–Crippen LogP) is 4.20. The highest BCUT2D eigenvalue weighted by Gasteiger charge is 2.38. The number of carbonyl (C=O) groups is 1. The predicted molar refractivity (Wildman–Crippen MR) is 115 cm³/mol. The van der Waals surface area contributed by atoms with Gasteiger partial charge in [0, 0.05) is 21.9 Å². The molecule has 0 radical (unpaired) electrons. The number of nitrogens with one attached hydrogen (secondary N) is 1. The molecular formula is C22H20N2O5S2. The van der Waals surface area contributed by atoms with Crippen molar-refractivity contribution in [1.82, 2.24) is 9.79 Å². The van der Waals surface area contributed by atoms with Crippen LogP contribution in [0.1, 0.15) is 17.4 Å². The van der Waals surface area contributed by atoms with Crippen molar-refractivity contribution in [2.24, 2.45) is 0 Å². The van der Waals surface area contributed by atoms with Crippen molar-refractivity contribution < 1.29 is 23.2 Å². The van der Waals surface area contributed by atoms with Crippen LogP contribution in [0.5, 0.6) is 0 Å². The van der Waals surface area contributed by atoms with Crippen molar-refractivity contribution in [3.63, 3.8) is 0 Å². The lowest BCUT2D eigenvalue weighted by Gasteiger charge is -2.35. The molecule has 0 saturated heterocycles. The Kier molecular flexibility index (Phi) is 6.28. The van der Waals surface area contributed by atoms with E-state index in [1.165, 1.54) is 17.2 Å². The molecule has 1 amide bonds. The Balaban J connectivity index is 1.62. The van der Waals surface area contributed by atoms with E-state index in [2.05, 4.69) is 0 Å². The molecule has 0 bridgehead atoms. The summed E-state index contributed by atoms with van der Waals surface area (Å²) in [5.74, 6) is 0. The first-order valence-electron chi connectivity index (χ1n) is 9.52. The van der Waals surface area contributed by atoms with E-state index in [-0.39, 0.29) is 11.4 Å². The van der Waals surface area contributed by atoms with Gasteiger partial charge in [-0.05, 0) is 48.4 Å². The Morgan fingerprint density at radius 3 is 2.32 bits per heavy atom. The van der Waals surface area contributed by atoms with E-state index < -0.39 is 22.3 Å². The molecular weight excluding hydrogens is 436 g/mol. The zero-order chi connectivity index (χ0) is 21.8. The molecule has 1 atom stereocenters. The van der Waals surface area contributed by atoms with Crippen molar-refractivity contribution >= 4 is 27.9 Å². The summed E-state index contributed by atoms with van der Waals surface area (Å²) >= 11 is 1.53. The Hall–Kier alpha value is -2.85. The van der Waals surface area contributed by atoms with E-state index in [4.69, 9.17) is 9.94 Å². The van der Waals surface area contributed by atoms with Crippen molar-refractivity contribution in [3.05, 3.63) is 90.0 Å². The molecule has 7 nitrogen and oxygen atoms in total. The van der Waals surface area contributed by atoms with Crippen molar-refractivity contribution in [2.75, 3.05) is 6.54 Å². The molecule has 3 aromatic carbocycles. The van der Waals surface area contributed by atoms with Gasteiger partial charge in [-0.2, -0.15) is 4.31 Å². The maximum Gasteiger partial charge on any atom is 0.432 e. The summed E-state index contributed by atoms with van der Waals surface area (Å²) in [5, 5.41) is 8.88. The summed E-state index contributed by atoms with van der Waals surface area (Å²) in [6.07, 6.45) is -1.82. The number of benzene rings is 3. The standard InChI is InChI=1S/C22H20N2O5S2/c25-22(23-26)29-21-20-9-5-4-6-16(20)14-15-24(21)31(27,28)19-12-10-18(11-13-19)30-17-7-2-1-3-8-17/h1-13,21,26H,14-15H2,(H,23,25). The summed E-state index contributed by atoms with van der Waals surface area (Å²) in [5.41, 5.74) is 2.86. The zero-order valence-corrected chi connectivity index (χ0v) is 18.0. The van der Waals surface area contributed by atoms with Crippen molar-refractivity contribution in [2.45, 2.75) is 27.3 Å². The van der Waals surface area contributed by atoms with Gasteiger partial charge in [0.1, 0.15) is 0 Å². The van der Waals surface area contributed by atoms with E-state index in [1.807, 2.05) is 42.5 Å². The average Bonchev–Trinajstić information content (AvgIpc) is 2.80. The number of hydroxylamine groups is 1. The highest BCUT2D eigenvalue weighted by atomic mass is 32.2. The smallest absolute Gasteiger partial charge is 0.423 e. The number of carbonyl (C=O) groups excluding carboxylic acids is 1. The fourth-order valence-electron chi connectivity index (χ4n) is 3.44. The van der Waals surface area contributed by atoms with Crippen molar-refractivity contribution in [1.29, 1.82) is 0 Å². The lowest BCUT2D eigenvalue weighted by molar-refractivity contribution is 0.00236. The van der Waals surface area contributed by atoms with Gasteiger partial charge in [0.05, 0.1) is 4.90 Å². The molecule has 1 aliphatic rings. The molecule has 3 aromatic rings. The van der Waals surface area contributed by atoms with Crippen molar-refractivity contribution in [3.8, 4) is 0 Å². The fraction of sp³-hybridized carbons (Fsp3) is 0.136. The van der Waals surface area contributed by atoms with Crippen LogP contribution in [-0.4, -0.2) is 30.6 Å². The highest BCUT2D eigenvalue weighted by molar-refractivity contribution is 7.99. The normalized spacial score (nSPS) is 16.4. The van der Waals surface area contributed by atoms with Crippen LogP contribution in [-0.2, 0) is 21.2 Å². The summed E-state index contributed by atoms with van der Waals surface area (Å²) in [6, 6.07) is 23.5. The number of amides is 1. The molecule has 0 aromatic heterocycles. The number of hydrogen-bond acceptors (Lipinski definition) is 6. The molecule has 160 valence electrons. The van der Waals surface area contributed by atoms with E-state index in [1.54, 1.807) is 36.4 Å². The summed E-state index contributed by atoms with van der Waals surface area (Å²) in [7, 11) is -3.96. The first-order chi connectivity index (χ1) is 15.0. The number of fused-ring (bicyclic) bond motifs is 1. The van der Waals surface area contributed by atoms with E-state index in [0.717, 1.165) is 19.7 Å². The van der Waals surface area contributed by atoms with Crippen LogP contribution in [0.25, 0.3) is 0 Å².